The molecule has 1 aromatic heterocycles. The summed E-state index contributed by atoms with van der Waals surface area (Å²) >= 11 is 0. The Morgan fingerprint density at radius 3 is 3.42 bits per heavy atom. The van der Waals surface area contributed by atoms with E-state index in [9.17, 15) is 0 Å². The SMILES string of the molecule is CCN1CCCC1c1ccn[nH]1.[HH]. The highest BCUT2D eigenvalue weighted by Gasteiger charge is 2.24. The van der Waals surface area contributed by atoms with Crippen LogP contribution in [0.1, 0.15) is 32.9 Å². The molecular formula is C9H17N3. The molecule has 3 heteroatoms. The van der Waals surface area contributed by atoms with Crippen LogP contribution >= 0.6 is 0 Å². The Morgan fingerprint density at radius 2 is 2.75 bits per heavy atom. The standard InChI is InChI=1S/C9H15N3.H2/c1-2-12-7-3-4-9(12)8-5-6-10-11-8;/h5-6,9H,2-4,7H2,1H3,(H,10,11);1H. The number of likely N-dealkylation sites (tertiary alicyclic amines) is 1. The second-order valence-electron chi connectivity index (χ2n) is 3.30. The fraction of sp³-hybridized carbons (Fsp3) is 0.667. The first kappa shape index (κ1) is 7.80. The van der Waals surface area contributed by atoms with Crippen LogP contribution in [0.4, 0.5) is 0 Å². The molecule has 1 aliphatic rings. The lowest BCUT2D eigenvalue weighted by atomic mass is 10.1. The fourth-order valence-electron chi connectivity index (χ4n) is 2.01. The van der Waals surface area contributed by atoms with Crippen LogP contribution in [0.2, 0.25) is 0 Å². The number of H-pyrrole nitrogens is 1. The fourth-order valence-corrected chi connectivity index (χ4v) is 2.01. The second kappa shape index (κ2) is 3.27. The molecule has 2 heterocycles. The van der Waals surface area contributed by atoms with E-state index in [0.29, 0.717) is 6.04 Å². The predicted octanol–water partition coefficient (Wildman–Crippen LogP) is 1.81. The van der Waals surface area contributed by atoms with E-state index in [1.807, 2.05) is 6.20 Å². The van der Waals surface area contributed by atoms with Gasteiger partial charge in [-0.1, -0.05) is 6.92 Å². The lowest BCUT2D eigenvalue weighted by Gasteiger charge is -2.20. The van der Waals surface area contributed by atoms with E-state index in [-0.39, 0.29) is 1.43 Å². The monoisotopic (exact) mass is 167 g/mol. The molecule has 0 aromatic carbocycles. The maximum absolute atomic E-state index is 3.98. The summed E-state index contributed by atoms with van der Waals surface area (Å²) in [5.74, 6) is 0. The molecule has 68 valence electrons. The van der Waals surface area contributed by atoms with Gasteiger partial charge in [-0.3, -0.25) is 10.00 Å². The molecule has 1 saturated heterocycles. The van der Waals surface area contributed by atoms with Crippen LogP contribution in [-0.4, -0.2) is 28.2 Å². The number of hydrogen-bond acceptors (Lipinski definition) is 2. The normalized spacial score (nSPS) is 24.9. The van der Waals surface area contributed by atoms with Crippen molar-refractivity contribution in [3.63, 3.8) is 0 Å². The third kappa shape index (κ3) is 1.25. The first-order valence-electron chi connectivity index (χ1n) is 4.65. The van der Waals surface area contributed by atoms with Gasteiger partial charge in [-0.2, -0.15) is 5.10 Å². The average molecular weight is 167 g/mol. The molecule has 2 rings (SSSR count). The molecule has 0 bridgehead atoms. The maximum atomic E-state index is 3.98. The van der Waals surface area contributed by atoms with E-state index >= 15 is 0 Å². The summed E-state index contributed by atoms with van der Waals surface area (Å²) in [5, 5.41) is 7.04. The molecule has 0 radical (unpaired) electrons. The molecule has 1 aliphatic heterocycles. The molecule has 3 nitrogen and oxygen atoms in total. The van der Waals surface area contributed by atoms with E-state index in [0.717, 1.165) is 6.54 Å². The number of nitrogens with one attached hydrogen (secondary N) is 1. The van der Waals surface area contributed by atoms with Crippen LogP contribution < -0.4 is 0 Å². The highest BCUT2D eigenvalue weighted by molar-refractivity contribution is 5.06. The minimum atomic E-state index is 0. The van der Waals surface area contributed by atoms with Gasteiger partial charge in [0.15, 0.2) is 0 Å². The minimum Gasteiger partial charge on any atom is -0.295 e. The van der Waals surface area contributed by atoms with Crippen molar-refractivity contribution in [1.82, 2.24) is 15.1 Å². The van der Waals surface area contributed by atoms with Crippen molar-refractivity contribution in [1.29, 1.82) is 0 Å². The second-order valence-corrected chi connectivity index (χ2v) is 3.30. The summed E-state index contributed by atoms with van der Waals surface area (Å²) in [6, 6.07) is 2.68. The molecule has 12 heavy (non-hydrogen) atoms. The van der Waals surface area contributed by atoms with Crippen molar-refractivity contribution in [3.8, 4) is 0 Å². The number of rotatable bonds is 2. The van der Waals surface area contributed by atoms with Gasteiger partial charge in [0.25, 0.3) is 0 Å². The third-order valence-electron chi connectivity index (χ3n) is 2.65. The number of aromatic amines is 1. The molecule has 0 amide bonds. The van der Waals surface area contributed by atoms with Gasteiger partial charge >= 0.3 is 0 Å². The summed E-state index contributed by atoms with van der Waals surface area (Å²) in [5.41, 5.74) is 1.27. The van der Waals surface area contributed by atoms with Crippen molar-refractivity contribution in [2.45, 2.75) is 25.8 Å². The Kier molecular flexibility index (Phi) is 2.13. The topological polar surface area (TPSA) is 31.9 Å². The van der Waals surface area contributed by atoms with E-state index in [4.69, 9.17) is 0 Å². The maximum Gasteiger partial charge on any atom is 0.0523 e. The summed E-state index contributed by atoms with van der Waals surface area (Å²) < 4.78 is 0. The molecule has 1 aromatic rings. The summed E-state index contributed by atoms with van der Waals surface area (Å²) in [6.07, 6.45) is 4.43. The lowest BCUT2D eigenvalue weighted by Crippen LogP contribution is -2.22. The largest absolute Gasteiger partial charge is 0.295 e. The van der Waals surface area contributed by atoms with E-state index in [2.05, 4.69) is 28.1 Å². The summed E-state index contributed by atoms with van der Waals surface area (Å²) in [6.45, 7) is 4.60. The Hall–Kier alpha value is -0.830. The van der Waals surface area contributed by atoms with Gasteiger partial charge in [-0.05, 0) is 32.0 Å². The van der Waals surface area contributed by atoms with Crippen LogP contribution in [0.5, 0.6) is 0 Å². The van der Waals surface area contributed by atoms with Crippen LogP contribution in [0, 0.1) is 0 Å². The van der Waals surface area contributed by atoms with Crippen molar-refractivity contribution < 1.29 is 1.43 Å². The van der Waals surface area contributed by atoms with Crippen molar-refractivity contribution in [2.75, 3.05) is 13.1 Å². The number of hydrogen-bond donors (Lipinski definition) is 1. The van der Waals surface area contributed by atoms with E-state index in [1.165, 1.54) is 25.1 Å². The molecule has 1 atom stereocenters. The van der Waals surface area contributed by atoms with Crippen LogP contribution in [-0.2, 0) is 0 Å². The zero-order valence-electron chi connectivity index (χ0n) is 7.45. The molecule has 1 N–H and O–H groups in total. The Morgan fingerprint density at radius 1 is 1.83 bits per heavy atom. The van der Waals surface area contributed by atoms with Crippen LogP contribution in [0.3, 0.4) is 0 Å². The Labute approximate surface area is 74.3 Å². The van der Waals surface area contributed by atoms with Gasteiger partial charge in [-0.15, -0.1) is 0 Å². The first-order chi connectivity index (χ1) is 5.92. The first-order valence-corrected chi connectivity index (χ1v) is 4.65. The zero-order chi connectivity index (χ0) is 8.39. The van der Waals surface area contributed by atoms with Crippen LogP contribution in [0.25, 0.3) is 0 Å². The van der Waals surface area contributed by atoms with E-state index in [1.54, 1.807) is 0 Å². The minimum absolute atomic E-state index is 0. The zero-order valence-corrected chi connectivity index (χ0v) is 7.45. The van der Waals surface area contributed by atoms with Gasteiger partial charge in [0, 0.05) is 7.62 Å². The van der Waals surface area contributed by atoms with Gasteiger partial charge in [-0.25, -0.2) is 0 Å². The van der Waals surface area contributed by atoms with Gasteiger partial charge in [0.1, 0.15) is 0 Å². The van der Waals surface area contributed by atoms with Gasteiger partial charge in [0.05, 0.1) is 11.7 Å². The summed E-state index contributed by atoms with van der Waals surface area (Å²) in [4.78, 5) is 2.49. The predicted molar refractivity (Wildman–Crippen MR) is 49.9 cm³/mol. The van der Waals surface area contributed by atoms with E-state index < -0.39 is 0 Å². The summed E-state index contributed by atoms with van der Waals surface area (Å²) in [7, 11) is 0. The van der Waals surface area contributed by atoms with Crippen molar-refractivity contribution in [2.24, 2.45) is 0 Å². The Balaban J connectivity index is 0.000000845. The quantitative estimate of drug-likeness (QED) is 0.728. The number of aromatic nitrogens is 2. The average Bonchev–Trinajstić information content (AvgIpc) is 2.74. The molecular weight excluding hydrogens is 150 g/mol. The Bertz CT molecular complexity index is 235. The lowest BCUT2D eigenvalue weighted by molar-refractivity contribution is 0.267. The highest BCUT2D eigenvalue weighted by Crippen LogP contribution is 2.29. The van der Waals surface area contributed by atoms with Gasteiger partial charge in [0.2, 0.25) is 0 Å². The third-order valence-corrected chi connectivity index (χ3v) is 2.65. The molecule has 1 unspecified atom stereocenters. The number of nitrogens with zero attached hydrogens (tertiary/aromatic N) is 2. The molecule has 0 spiro atoms. The molecule has 1 fully saturated rings. The van der Waals surface area contributed by atoms with Crippen LogP contribution in [0.15, 0.2) is 12.3 Å². The highest BCUT2D eigenvalue weighted by atomic mass is 15.2. The molecule has 0 saturated carbocycles. The molecule has 0 aliphatic carbocycles. The van der Waals surface area contributed by atoms with Crippen molar-refractivity contribution >= 4 is 0 Å². The van der Waals surface area contributed by atoms with Crippen molar-refractivity contribution in [3.05, 3.63) is 18.0 Å². The smallest absolute Gasteiger partial charge is 0.0523 e. The van der Waals surface area contributed by atoms with Gasteiger partial charge < -0.3 is 0 Å².